The van der Waals surface area contributed by atoms with Gasteiger partial charge in [0.2, 0.25) is 5.13 Å². The summed E-state index contributed by atoms with van der Waals surface area (Å²) in [6.45, 7) is 4.53. The summed E-state index contributed by atoms with van der Waals surface area (Å²) in [6.07, 6.45) is 4.16. The largest absolute Gasteiger partial charge is 0.496 e. The van der Waals surface area contributed by atoms with E-state index in [9.17, 15) is 9.59 Å². The van der Waals surface area contributed by atoms with E-state index in [-0.39, 0.29) is 23.8 Å². The van der Waals surface area contributed by atoms with Crippen molar-refractivity contribution in [3.8, 4) is 33.8 Å². The molecule has 10 nitrogen and oxygen atoms in total. The van der Waals surface area contributed by atoms with E-state index < -0.39 is 0 Å². The van der Waals surface area contributed by atoms with Gasteiger partial charge in [-0.05, 0) is 72.0 Å². The smallest absolute Gasteiger partial charge is 0.203 e. The van der Waals surface area contributed by atoms with Gasteiger partial charge in [-0.2, -0.15) is 0 Å². The fraction of sp³-hybridized carbons (Fsp3) is 0.244. The number of aliphatic imine (C=N–C) groups is 1. The average molecular weight is 854 g/mol. The summed E-state index contributed by atoms with van der Waals surface area (Å²) in [5, 5.41) is 19.3. The molecule has 6 rings (SSSR count). The Kier molecular flexibility index (Phi) is 17.6. The minimum Gasteiger partial charge on any atom is -0.496 e. The molecule has 0 atom stereocenters. The molecule has 0 aliphatic rings. The molecule has 0 aliphatic heterocycles. The highest BCUT2D eigenvalue weighted by atomic mass is 35.5. The number of hydrogen-bond donors (Lipinski definition) is 1. The lowest BCUT2D eigenvalue weighted by molar-refractivity contribution is -0.118. The Labute approximate surface area is 347 Å². The first kappa shape index (κ1) is 44.6. The van der Waals surface area contributed by atoms with Gasteiger partial charge < -0.3 is 15.2 Å². The number of ether oxygens (including phenoxy) is 2. The molecule has 0 aliphatic carbocycles. The third-order valence-electron chi connectivity index (χ3n) is 7.93. The molecule has 0 amide bonds. The molecule has 0 spiro atoms. The Morgan fingerprint density at radius 3 is 1.70 bits per heavy atom. The van der Waals surface area contributed by atoms with Crippen LogP contribution in [0.4, 0.5) is 13.9 Å². The van der Waals surface area contributed by atoms with Gasteiger partial charge in [0.15, 0.2) is 6.29 Å². The zero-order chi connectivity index (χ0) is 41.3. The Morgan fingerprint density at radius 1 is 0.772 bits per heavy atom. The number of benzene rings is 4. The molecule has 2 N–H and O–H groups in total. The van der Waals surface area contributed by atoms with Crippen LogP contribution in [0.3, 0.4) is 0 Å². The zero-order valence-corrected chi connectivity index (χ0v) is 34.7. The predicted octanol–water partition coefficient (Wildman–Crippen LogP) is 9.96. The quantitative estimate of drug-likeness (QED) is 0.0837. The van der Waals surface area contributed by atoms with E-state index in [4.69, 9.17) is 38.4 Å². The van der Waals surface area contributed by atoms with Gasteiger partial charge in [0.25, 0.3) is 0 Å². The highest BCUT2D eigenvalue weighted by molar-refractivity contribution is 7.15. The van der Waals surface area contributed by atoms with Crippen molar-refractivity contribution in [3.63, 3.8) is 0 Å². The number of nitrogen functional groups attached to an aromatic ring is 1. The van der Waals surface area contributed by atoms with Crippen LogP contribution in [0.25, 0.3) is 22.3 Å². The number of hydrogen-bond acceptors (Lipinski definition) is 12. The molecule has 16 heteroatoms. The lowest BCUT2D eigenvalue weighted by Gasteiger charge is -2.13. The van der Waals surface area contributed by atoms with Crippen molar-refractivity contribution in [2.75, 3.05) is 26.5 Å². The average Bonchev–Trinajstić information content (AvgIpc) is 3.83. The SMILES string of the molecule is CCCC(=O)Cc1nnc(Cc2ccc(OC)c(-c3cccc(Cl)c3)c2F)s1.CCN=CC=O.COc1ccc(Cc2nnc(N)s2)c(F)c1-c1cccc(Cl)c1. The van der Waals surface area contributed by atoms with E-state index in [0.717, 1.165) is 6.42 Å². The summed E-state index contributed by atoms with van der Waals surface area (Å²) in [7, 11) is 3.01. The molecule has 2 heterocycles. The predicted molar refractivity (Wildman–Crippen MR) is 225 cm³/mol. The van der Waals surface area contributed by atoms with E-state index in [1.165, 1.54) is 43.1 Å². The van der Waals surface area contributed by atoms with Gasteiger partial charge in [-0.1, -0.05) is 77.9 Å². The van der Waals surface area contributed by atoms with E-state index in [1.807, 2.05) is 13.8 Å². The Morgan fingerprint density at radius 2 is 1.28 bits per heavy atom. The number of carbonyl (C=O) groups excluding carboxylic acids is 2. The molecular weight excluding hydrogens is 814 g/mol. The maximum Gasteiger partial charge on any atom is 0.203 e. The molecule has 0 bridgehead atoms. The van der Waals surface area contributed by atoms with Crippen LogP contribution in [0.1, 0.15) is 52.8 Å². The topological polar surface area (TPSA) is 143 Å². The second-order valence-electron chi connectivity index (χ2n) is 12.0. The minimum atomic E-state index is -0.375. The number of anilines is 1. The maximum atomic E-state index is 15.3. The summed E-state index contributed by atoms with van der Waals surface area (Å²) in [4.78, 5) is 24.8. The summed E-state index contributed by atoms with van der Waals surface area (Å²) in [6, 6.07) is 20.8. The van der Waals surface area contributed by atoms with E-state index in [1.54, 1.807) is 72.8 Å². The van der Waals surface area contributed by atoms with Crippen LogP contribution in [-0.2, 0) is 28.9 Å². The first-order chi connectivity index (χ1) is 27.5. The van der Waals surface area contributed by atoms with E-state index in [2.05, 4.69) is 25.4 Å². The van der Waals surface area contributed by atoms with Gasteiger partial charge in [-0.15, -0.1) is 31.7 Å². The Balaban J connectivity index is 0.000000224. The third kappa shape index (κ3) is 12.9. The fourth-order valence-electron chi connectivity index (χ4n) is 5.42. The van der Waals surface area contributed by atoms with Gasteiger partial charge >= 0.3 is 0 Å². The molecule has 298 valence electrons. The second-order valence-corrected chi connectivity index (χ2v) is 15.1. The van der Waals surface area contributed by atoms with E-state index in [0.29, 0.717) is 107 Å². The number of methoxy groups -OCH3 is 2. The van der Waals surface area contributed by atoms with Crippen LogP contribution >= 0.6 is 45.9 Å². The summed E-state index contributed by atoms with van der Waals surface area (Å²) < 4.78 is 41.0. The van der Waals surface area contributed by atoms with Gasteiger partial charge in [0, 0.05) is 35.9 Å². The lowest BCUT2D eigenvalue weighted by Crippen LogP contribution is -2.01. The Hall–Kier alpha value is -5.15. The van der Waals surface area contributed by atoms with Crippen molar-refractivity contribution in [1.29, 1.82) is 0 Å². The van der Waals surface area contributed by atoms with Crippen molar-refractivity contribution in [2.24, 2.45) is 4.99 Å². The number of nitrogens with two attached hydrogens (primary N) is 1. The normalized spacial score (nSPS) is 10.7. The molecule has 0 fully saturated rings. The second kappa shape index (κ2) is 22.6. The highest BCUT2D eigenvalue weighted by Gasteiger charge is 2.20. The molecule has 6 aromatic rings. The minimum absolute atomic E-state index is 0.143. The van der Waals surface area contributed by atoms with Crippen LogP contribution in [0, 0.1) is 11.6 Å². The number of halogens is 4. The van der Waals surface area contributed by atoms with E-state index >= 15 is 8.78 Å². The van der Waals surface area contributed by atoms with Crippen molar-refractivity contribution >= 4 is 69.3 Å². The van der Waals surface area contributed by atoms with Crippen molar-refractivity contribution in [2.45, 2.75) is 46.0 Å². The van der Waals surface area contributed by atoms with Crippen molar-refractivity contribution in [3.05, 3.63) is 121 Å². The van der Waals surface area contributed by atoms with Crippen LogP contribution in [0.15, 0.2) is 77.8 Å². The van der Waals surface area contributed by atoms with Crippen LogP contribution in [-0.4, -0.2) is 59.4 Å². The molecule has 4 aromatic carbocycles. The lowest BCUT2D eigenvalue weighted by atomic mass is 9.99. The third-order valence-corrected chi connectivity index (χ3v) is 10.1. The van der Waals surface area contributed by atoms with Gasteiger partial charge in [-0.25, -0.2) is 8.78 Å². The molecule has 0 saturated heterocycles. The van der Waals surface area contributed by atoms with Crippen molar-refractivity contribution in [1.82, 2.24) is 20.4 Å². The number of ketones is 1. The number of nitrogens with zero attached hydrogens (tertiary/aromatic N) is 5. The van der Waals surface area contributed by atoms with Gasteiger partial charge in [-0.3, -0.25) is 14.6 Å². The number of aromatic nitrogens is 4. The first-order valence-electron chi connectivity index (χ1n) is 17.6. The molecule has 2 aromatic heterocycles. The summed E-state index contributed by atoms with van der Waals surface area (Å²) in [5.41, 5.74) is 8.60. The van der Waals surface area contributed by atoms with Crippen LogP contribution in [0.5, 0.6) is 11.5 Å². The first-order valence-corrected chi connectivity index (χ1v) is 20.0. The molecule has 0 saturated carbocycles. The fourth-order valence-corrected chi connectivity index (χ4v) is 7.33. The van der Waals surface area contributed by atoms with Crippen LogP contribution in [0.2, 0.25) is 10.0 Å². The summed E-state index contributed by atoms with van der Waals surface area (Å²) >= 11 is 14.7. The van der Waals surface area contributed by atoms with Crippen molar-refractivity contribution < 1.29 is 27.8 Å². The van der Waals surface area contributed by atoms with Gasteiger partial charge in [0.05, 0.1) is 38.0 Å². The molecule has 0 radical (unpaired) electrons. The molecule has 57 heavy (non-hydrogen) atoms. The maximum absolute atomic E-state index is 15.3. The summed E-state index contributed by atoms with van der Waals surface area (Å²) in [5.74, 6) is 0.293. The number of Topliss-reactive ketones (excluding diaryl/α,β-unsaturated/α-hetero) is 1. The standard InChI is InChI=1S/C21H20ClFN2O2S.C16H13ClFN3OS.C4H7NO/c1-3-5-16(26)12-19-25-24-18(28-19)11-14-8-9-17(27-2)20(21(14)23)13-6-4-7-15(22)10-13;1-22-12-6-5-10(8-13-20-21-16(19)23-13)15(18)14(12)9-3-2-4-11(17)7-9;1-2-5-3-4-6/h4,6-10H,3,5,11-12H2,1-2H3;2-7H,8H2,1H3,(H2,19,21);3-4H,2H2,1H3. The molecular formula is C41H40Cl2F2N6O4S2. The monoisotopic (exact) mass is 852 g/mol. The number of carbonyl (C=O) groups is 2. The Bertz CT molecular complexity index is 2300. The number of rotatable bonds is 14. The molecule has 0 unspecified atom stereocenters. The zero-order valence-electron chi connectivity index (χ0n) is 31.6. The van der Waals surface area contributed by atoms with Gasteiger partial charge in [0.1, 0.15) is 43.9 Å². The highest BCUT2D eigenvalue weighted by Crippen LogP contribution is 2.38. The number of aldehydes is 1. The van der Waals surface area contributed by atoms with Crippen LogP contribution < -0.4 is 15.2 Å².